The molecule has 5 aromatic rings. The standard InChI is InChI=1S/C25H23BNO3S/c1-24(2,28)25(3,4)30-26-16-10-11-17-18-13-19-22(14-21(18)29-20(17)12-16)31-23(27-19)15-8-6-5-7-9-15/h5-14,28H,1-4H3. The number of benzene rings is 3. The predicted molar refractivity (Wildman–Crippen MR) is 129 cm³/mol. The molecule has 0 aliphatic carbocycles. The molecule has 0 bridgehead atoms. The van der Waals surface area contributed by atoms with Gasteiger partial charge in [0.05, 0.1) is 21.4 Å². The van der Waals surface area contributed by atoms with Gasteiger partial charge in [-0.2, -0.15) is 0 Å². The van der Waals surface area contributed by atoms with E-state index in [9.17, 15) is 5.11 Å². The van der Waals surface area contributed by atoms with Gasteiger partial charge in [0.1, 0.15) is 16.2 Å². The maximum absolute atomic E-state index is 10.3. The van der Waals surface area contributed by atoms with E-state index >= 15 is 0 Å². The maximum Gasteiger partial charge on any atom is 0.331 e. The molecule has 0 aliphatic heterocycles. The summed E-state index contributed by atoms with van der Waals surface area (Å²) in [5.74, 6) is 0. The molecule has 155 valence electrons. The van der Waals surface area contributed by atoms with Crippen LogP contribution in [0.4, 0.5) is 0 Å². The highest BCUT2D eigenvalue weighted by molar-refractivity contribution is 7.21. The van der Waals surface area contributed by atoms with Crippen molar-refractivity contribution in [2.75, 3.05) is 0 Å². The Bertz CT molecular complexity index is 1400. The van der Waals surface area contributed by atoms with Gasteiger partial charge < -0.3 is 14.2 Å². The van der Waals surface area contributed by atoms with Crippen molar-refractivity contribution in [2.24, 2.45) is 0 Å². The van der Waals surface area contributed by atoms with E-state index in [0.29, 0.717) is 0 Å². The van der Waals surface area contributed by atoms with Crippen LogP contribution in [0.5, 0.6) is 0 Å². The Labute approximate surface area is 185 Å². The topological polar surface area (TPSA) is 55.5 Å². The van der Waals surface area contributed by atoms with Crippen molar-refractivity contribution in [2.45, 2.75) is 38.9 Å². The lowest BCUT2D eigenvalue weighted by Gasteiger charge is -2.37. The zero-order chi connectivity index (χ0) is 21.8. The van der Waals surface area contributed by atoms with Gasteiger partial charge >= 0.3 is 7.48 Å². The maximum atomic E-state index is 10.3. The Morgan fingerprint density at radius 1 is 0.935 bits per heavy atom. The summed E-state index contributed by atoms with van der Waals surface area (Å²) in [4.78, 5) is 4.84. The van der Waals surface area contributed by atoms with Crippen molar-refractivity contribution >= 4 is 56.4 Å². The van der Waals surface area contributed by atoms with E-state index in [1.54, 1.807) is 32.7 Å². The number of furan rings is 1. The van der Waals surface area contributed by atoms with E-state index in [1.807, 2.05) is 50.2 Å². The van der Waals surface area contributed by atoms with Crippen LogP contribution in [0.3, 0.4) is 0 Å². The van der Waals surface area contributed by atoms with Crippen LogP contribution in [-0.4, -0.2) is 28.8 Å². The minimum Gasteiger partial charge on any atom is -0.456 e. The van der Waals surface area contributed by atoms with Gasteiger partial charge in [-0.1, -0.05) is 42.5 Å². The molecule has 0 atom stereocenters. The average molecular weight is 428 g/mol. The molecule has 2 heterocycles. The fraction of sp³-hybridized carbons (Fsp3) is 0.240. The first-order valence-electron chi connectivity index (χ1n) is 10.3. The van der Waals surface area contributed by atoms with Crippen molar-refractivity contribution in [3.05, 3.63) is 60.7 Å². The smallest absolute Gasteiger partial charge is 0.331 e. The Morgan fingerprint density at radius 3 is 2.42 bits per heavy atom. The van der Waals surface area contributed by atoms with Crippen LogP contribution in [0.1, 0.15) is 27.7 Å². The summed E-state index contributed by atoms with van der Waals surface area (Å²) in [6.45, 7) is 7.22. The van der Waals surface area contributed by atoms with E-state index in [-0.39, 0.29) is 0 Å². The highest BCUT2D eigenvalue weighted by atomic mass is 32.1. The van der Waals surface area contributed by atoms with Gasteiger partial charge in [-0.15, -0.1) is 11.3 Å². The van der Waals surface area contributed by atoms with Crippen LogP contribution < -0.4 is 5.46 Å². The fourth-order valence-corrected chi connectivity index (χ4v) is 4.33. The second-order valence-corrected chi connectivity index (χ2v) is 9.89. The number of hydrogen-bond acceptors (Lipinski definition) is 5. The Balaban J connectivity index is 1.50. The summed E-state index contributed by atoms with van der Waals surface area (Å²) in [5, 5.41) is 13.4. The minimum absolute atomic E-state index is 0.720. The third kappa shape index (κ3) is 3.65. The summed E-state index contributed by atoms with van der Waals surface area (Å²) < 4.78 is 13.2. The molecule has 1 radical (unpaired) electrons. The zero-order valence-corrected chi connectivity index (χ0v) is 18.8. The summed E-state index contributed by atoms with van der Waals surface area (Å²) in [6.07, 6.45) is 0. The number of hydrogen-bond donors (Lipinski definition) is 1. The number of nitrogens with zero attached hydrogens (tertiary/aromatic N) is 1. The lowest BCUT2D eigenvalue weighted by molar-refractivity contribution is -0.0893. The summed E-state index contributed by atoms with van der Waals surface area (Å²) in [6, 6.07) is 20.4. The van der Waals surface area contributed by atoms with E-state index in [0.717, 1.165) is 48.2 Å². The normalized spacial score (nSPS) is 12.8. The molecule has 0 amide bonds. The second-order valence-electron chi connectivity index (χ2n) is 8.86. The molecule has 0 saturated carbocycles. The second kappa shape index (κ2) is 7.19. The molecular weight excluding hydrogens is 405 g/mol. The van der Waals surface area contributed by atoms with Crippen molar-refractivity contribution in [3.63, 3.8) is 0 Å². The van der Waals surface area contributed by atoms with Crippen molar-refractivity contribution in [1.82, 2.24) is 4.98 Å². The van der Waals surface area contributed by atoms with E-state index < -0.39 is 11.2 Å². The van der Waals surface area contributed by atoms with Crippen LogP contribution in [0.25, 0.3) is 42.7 Å². The van der Waals surface area contributed by atoms with Crippen LogP contribution in [0.15, 0.2) is 65.1 Å². The van der Waals surface area contributed by atoms with Gasteiger partial charge in [0.15, 0.2) is 0 Å². The Hall–Kier alpha value is -2.67. The summed E-state index contributed by atoms with van der Waals surface area (Å²) >= 11 is 1.67. The highest BCUT2D eigenvalue weighted by Gasteiger charge is 2.35. The van der Waals surface area contributed by atoms with Crippen LogP contribution in [0, 0.1) is 0 Å². The average Bonchev–Trinajstić information content (AvgIpc) is 3.30. The Kier molecular flexibility index (Phi) is 4.70. The van der Waals surface area contributed by atoms with Gasteiger partial charge in [-0.05, 0) is 45.3 Å². The van der Waals surface area contributed by atoms with Gasteiger partial charge in [0, 0.05) is 22.4 Å². The molecule has 6 heteroatoms. The molecule has 0 unspecified atom stereocenters. The first kappa shape index (κ1) is 20.2. The number of rotatable bonds is 5. The third-order valence-corrected chi connectivity index (χ3v) is 7.06. The fourth-order valence-electron chi connectivity index (χ4n) is 3.35. The molecule has 0 saturated heterocycles. The molecule has 0 aliphatic rings. The monoisotopic (exact) mass is 428 g/mol. The third-order valence-electron chi connectivity index (χ3n) is 5.99. The Morgan fingerprint density at radius 2 is 1.68 bits per heavy atom. The van der Waals surface area contributed by atoms with Crippen LogP contribution >= 0.6 is 11.3 Å². The molecule has 3 aromatic carbocycles. The van der Waals surface area contributed by atoms with Gasteiger partial charge in [0.2, 0.25) is 0 Å². The molecule has 0 fully saturated rings. The van der Waals surface area contributed by atoms with E-state index in [1.165, 1.54) is 0 Å². The molecular formula is C25H23BNO3S. The van der Waals surface area contributed by atoms with E-state index in [4.69, 9.17) is 14.1 Å². The van der Waals surface area contributed by atoms with Crippen molar-refractivity contribution in [3.8, 4) is 10.6 Å². The predicted octanol–water partition coefficient (Wildman–Crippen LogP) is 5.67. The largest absolute Gasteiger partial charge is 0.456 e. The van der Waals surface area contributed by atoms with Gasteiger partial charge in [-0.3, -0.25) is 0 Å². The SMILES string of the molecule is CC(C)(O)C(C)(C)O[B]c1ccc2c(c1)oc1cc3sc(-c4ccccc4)nc3cc12. The first-order chi connectivity index (χ1) is 14.7. The highest BCUT2D eigenvalue weighted by Crippen LogP contribution is 2.36. The molecule has 0 spiro atoms. The van der Waals surface area contributed by atoms with Gasteiger partial charge in [0.25, 0.3) is 0 Å². The number of thiazole rings is 1. The van der Waals surface area contributed by atoms with Gasteiger partial charge in [-0.25, -0.2) is 4.98 Å². The molecule has 4 nitrogen and oxygen atoms in total. The van der Waals surface area contributed by atoms with E-state index in [2.05, 4.69) is 24.3 Å². The zero-order valence-electron chi connectivity index (χ0n) is 18.0. The lowest BCUT2D eigenvalue weighted by atomic mass is 9.82. The first-order valence-corrected chi connectivity index (χ1v) is 11.1. The van der Waals surface area contributed by atoms with Crippen LogP contribution in [-0.2, 0) is 4.65 Å². The molecule has 5 rings (SSSR count). The van der Waals surface area contributed by atoms with Crippen molar-refractivity contribution < 1.29 is 14.2 Å². The number of aliphatic hydroxyl groups is 1. The van der Waals surface area contributed by atoms with Crippen molar-refractivity contribution in [1.29, 1.82) is 0 Å². The minimum atomic E-state index is -0.968. The van der Waals surface area contributed by atoms with Crippen LogP contribution in [0.2, 0.25) is 0 Å². The number of fused-ring (bicyclic) bond motifs is 4. The number of aromatic nitrogens is 1. The quantitative estimate of drug-likeness (QED) is 0.367. The molecule has 31 heavy (non-hydrogen) atoms. The summed E-state index contributed by atoms with van der Waals surface area (Å²) in [7, 11) is 1.68. The molecule has 1 N–H and O–H groups in total. The summed E-state index contributed by atoms with van der Waals surface area (Å²) in [5.41, 5.74) is 2.95. The molecule has 2 aromatic heterocycles. The lowest BCUT2D eigenvalue weighted by Crippen LogP contribution is -2.49.